The standard InChI is InChI=1S/C13H14/c1-11-7-5-6-10-13(11)12-8-3-2-4-9-12/h2-4,6,8-10H,5,7H2,1H3. The molecule has 1 aromatic carbocycles. The summed E-state index contributed by atoms with van der Waals surface area (Å²) in [5, 5.41) is 0. The van der Waals surface area contributed by atoms with E-state index in [1.807, 2.05) is 0 Å². The second kappa shape index (κ2) is 3.61. The topological polar surface area (TPSA) is 0 Å². The molecule has 0 atom stereocenters. The van der Waals surface area contributed by atoms with E-state index >= 15 is 0 Å². The molecule has 0 radical (unpaired) electrons. The van der Waals surface area contributed by atoms with E-state index in [2.05, 4.69) is 49.4 Å². The monoisotopic (exact) mass is 170 g/mol. The third-order valence-electron chi connectivity index (χ3n) is 2.52. The fraction of sp³-hybridized carbons (Fsp3) is 0.231. The minimum absolute atomic E-state index is 1.20. The normalized spacial score (nSPS) is 16.4. The van der Waals surface area contributed by atoms with Gasteiger partial charge in [0.15, 0.2) is 0 Å². The smallest absolute Gasteiger partial charge is 0.0185 e. The Morgan fingerprint density at radius 2 is 1.85 bits per heavy atom. The molecule has 0 nitrogen and oxygen atoms in total. The predicted octanol–water partition coefficient (Wildman–Crippen LogP) is 3.81. The van der Waals surface area contributed by atoms with Crippen LogP contribution in [0.4, 0.5) is 0 Å². The molecule has 1 aromatic rings. The largest absolute Gasteiger partial charge is 0.0836 e. The van der Waals surface area contributed by atoms with Crippen molar-refractivity contribution < 1.29 is 0 Å². The van der Waals surface area contributed by atoms with Crippen LogP contribution in [0.2, 0.25) is 0 Å². The average molecular weight is 170 g/mol. The van der Waals surface area contributed by atoms with Gasteiger partial charge in [0, 0.05) is 0 Å². The van der Waals surface area contributed by atoms with Gasteiger partial charge in [0.2, 0.25) is 0 Å². The van der Waals surface area contributed by atoms with Crippen molar-refractivity contribution in [2.24, 2.45) is 0 Å². The molecule has 0 heteroatoms. The van der Waals surface area contributed by atoms with E-state index in [9.17, 15) is 0 Å². The molecule has 1 aliphatic carbocycles. The van der Waals surface area contributed by atoms with Crippen LogP contribution in [-0.4, -0.2) is 0 Å². The van der Waals surface area contributed by atoms with Gasteiger partial charge >= 0.3 is 0 Å². The van der Waals surface area contributed by atoms with Crippen LogP contribution in [-0.2, 0) is 0 Å². The zero-order chi connectivity index (χ0) is 9.10. The van der Waals surface area contributed by atoms with E-state index in [0.717, 1.165) is 0 Å². The highest BCUT2D eigenvalue weighted by Gasteiger charge is 2.04. The van der Waals surface area contributed by atoms with Crippen molar-refractivity contribution in [1.29, 1.82) is 0 Å². The molecule has 13 heavy (non-hydrogen) atoms. The van der Waals surface area contributed by atoms with Crippen molar-refractivity contribution in [3.63, 3.8) is 0 Å². The van der Waals surface area contributed by atoms with Gasteiger partial charge in [-0.3, -0.25) is 0 Å². The van der Waals surface area contributed by atoms with Crippen LogP contribution in [0.1, 0.15) is 25.3 Å². The molecule has 2 rings (SSSR count). The summed E-state index contributed by atoms with van der Waals surface area (Å²) in [6.07, 6.45) is 6.91. The second-order valence-electron chi connectivity index (χ2n) is 3.50. The van der Waals surface area contributed by atoms with Gasteiger partial charge in [-0.05, 0) is 30.9 Å². The van der Waals surface area contributed by atoms with Crippen LogP contribution in [0, 0.1) is 0 Å². The summed E-state index contributed by atoms with van der Waals surface area (Å²) in [6.45, 7) is 2.23. The van der Waals surface area contributed by atoms with Gasteiger partial charge in [0.25, 0.3) is 0 Å². The molecule has 0 bridgehead atoms. The average Bonchev–Trinajstić information content (AvgIpc) is 2.20. The highest BCUT2D eigenvalue weighted by atomic mass is 14.1. The number of hydrogen-bond donors (Lipinski definition) is 0. The SMILES string of the molecule is CC1=C(c2ccccc2)C=CCC1. The Balaban J connectivity index is 2.41. The van der Waals surface area contributed by atoms with Crippen LogP contribution in [0.3, 0.4) is 0 Å². The number of benzene rings is 1. The van der Waals surface area contributed by atoms with Gasteiger partial charge in [0.05, 0.1) is 0 Å². The summed E-state index contributed by atoms with van der Waals surface area (Å²) in [6, 6.07) is 10.6. The fourth-order valence-corrected chi connectivity index (χ4v) is 1.74. The lowest BCUT2D eigenvalue weighted by molar-refractivity contribution is 0.967. The summed E-state index contributed by atoms with van der Waals surface area (Å²) < 4.78 is 0. The van der Waals surface area contributed by atoms with Gasteiger partial charge in [-0.25, -0.2) is 0 Å². The van der Waals surface area contributed by atoms with E-state index in [4.69, 9.17) is 0 Å². The lowest BCUT2D eigenvalue weighted by Gasteiger charge is -2.12. The zero-order valence-electron chi connectivity index (χ0n) is 7.96. The predicted molar refractivity (Wildman–Crippen MR) is 57.4 cm³/mol. The maximum Gasteiger partial charge on any atom is -0.0185 e. The van der Waals surface area contributed by atoms with Crippen LogP contribution >= 0.6 is 0 Å². The lowest BCUT2D eigenvalue weighted by Crippen LogP contribution is -1.90. The Kier molecular flexibility index (Phi) is 2.31. The first kappa shape index (κ1) is 8.31. The molecule has 0 heterocycles. The minimum Gasteiger partial charge on any atom is -0.0836 e. The van der Waals surface area contributed by atoms with Crippen molar-refractivity contribution in [3.8, 4) is 0 Å². The zero-order valence-corrected chi connectivity index (χ0v) is 7.96. The molecule has 0 amide bonds. The van der Waals surface area contributed by atoms with E-state index in [1.54, 1.807) is 0 Å². The maximum atomic E-state index is 2.26. The molecule has 0 aliphatic heterocycles. The quantitative estimate of drug-likeness (QED) is 0.601. The fourth-order valence-electron chi connectivity index (χ4n) is 1.74. The van der Waals surface area contributed by atoms with Gasteiger partial charge in [-0.15, -0.1) is 0 Å². The molecule has 0 saturated carbocycles. The first-order valence-corrected chi connectivity index (χ1v) is 4.79. The highest BCUT2D eigenvalue weighted by molar-refractivity contribution is 5.77. The maximum absolute atomic E-state index is 2.26. The van der Waals surface area contributed by atoms with Crippen molar-refractivity contribution in [2.75, 3.05) is 0 Å². The molecular weight excluding hydrogens is 156 g/mol. The van der Waals surface area contributed by atoms with Crippen LogP contribution < -0.4 is 0 Å². The lowest BCUT2D eigenvalue weighted by atomic mass is 9.93. The Hall–Kier alpha value is -1.30. The number of rotatable bonds is 1. The summed E-state index contributed by atoms with van der Waals surface area (Å²) in [4.78, 5) is 0. The van der Waals surface area contributed by atoms with Crippen molar-refractivity contribution >= 4 is 5.57 Å². The third kappa shape index (κ3) is 1.72. The van der Waals surface area contributed by atoms with E-state index in [-0.39, 0.29) is 0 Å². The van der Waals surface area contributed by atoms with E-state index < -0.39 is 0 Å². The summed E-state index contributed by atoms with van der Waals surface area (Å²) in [5.74, 6) is 0. The van der Waals surface area contributed by atoms with Crippen LogP contribution in [0.15, 0.2) is 48.1 Å². The highest BCUT2D eigenvalue weighted by Crippen LogP contribution is 2.26. The third-order valence-corrected chi connectivity index (χ3v) is 2.52. The Morgan fingerprint density at radius 1 is 1.08 bits per heavy atom. The Morgan fingerprint density at radius 3 is 2.54 bits per heavy atom. The van der Waals surface area contributed by atoms with Gasteiger partial charge < -0.3 is 0 Å². The molecule has 0 N–H and O–H groups in total. The van der Waals surface area contributed by atoms with Gasteiger partial charge in [-0.1, -0.05) is 48.1 Å². The van der Waals surface area contributed by atoms with Crippen molar-refractivity contribution in [1.82, 2.24) is 0 Å². The first-order chi connectivity index (χ1) is 6.38. The summed E-state index contributed by atoms with van der Waals surface area (Å²) in [7, 11) is 0. The molecule has 0 spiro atoms. The molecule has 0 fully saturated rings. The molecule has 0 aromatic heterocycles. The summed E-state index contributed by atoms with van der Waals surface area (Å²) in [5.41, 5.74) is 4.26. The molecule has 0 saturated heterocycles. The molecular formula is C13H14. The van der Waals surface area contributed by atoms with Crippen molar-refractivity contribution in [2.45, 2.75) is 19.8 Å². The van der Waals surface area contributed by atoms with Crippen LogP contribution in [0.5, 0.6) is 0 Å². The van der Waals surface area contributed by atoms with Crippen molar-refractivity contribution in [3.05, 3.63) is 53.6 Å². The Labute approximate surface area is 79.6 Å². The first-order valence-electron chi connectivity index (χ1n) is 4.79. The molecule has 66 valence electrons. The van der Waals surface area contributed by atoms with E-state index in [0.29, 0.717) is 0 Å². The number of hydrogen-bond acceptors (Lipinski definition) is 0. The second-order valence-corrected chi connectivity index (χ2v) is 3.50. The molecule has 0 unspecified atom stereocenters. The minimum atomic E-state index is 1.20. The van der Waals surface area contributed by atoms with E-state index in [1.165, 1.54) is 29.6 Å². The number of allylic oxidation sites excluding steroid dienone is 4. The Bertz CT molecular complexity index is 342. The summed E-state index contributed by atoms with van der Waals surface area (Å²) >= 11 is 0. The van der Waals surface area contributed by atoms with Gasteiger partial charge in [-0.2, -0.15) is 0 Å². The van der Waals surface area contributed by atoms with Crippen LogP contribution in [0.25, 0.3) is 5.57 Å². The molecule has 1 aliphatic rings. The van der Waals surface area contributed by atoms with Gasteiger partial charge in [0.1, 0.15) is 0 Å².